The second kappa shape index (κ2) is 3.68. The Labute approximate surface area is 65.6 Å². The quantitative estimate of drug-likeness (QED) is 0.579. The number of sulfonamides is 1. The summed E-state index contributed by atoms with van der Waals surface area (Å²) in [5.74, 6) is -0.810. The first kappa shape index (κ1) is 10.4. The fraction of sp³-hybridized carbons (Fsp3) is 0.800. The van der Waals surface area contributed by atoms with Crippen molar-refractivity contribution in [3.63, 3.8) is 0 Å². The number of ether oxygens (including phenoxy) is 1. The van der Waals surface area contributed by atoms with Crippen molar-refractivity contribution in [2.75, 3.05) is 6.61 Å². The van der Waals surface area contributed by atoms with Crippen LogP contribution in [0.4, 0.5) is 0 Å². The number of esters is 1. The van der Waals surface area contributed by atoms with E-state index in [0.29, 0.717) is 0 Å². The summed E-state index contributed by atoms with van der Waals surface area (Å²) in [6, 6.07) is 0. The van der Waals surface area contributed by atoms with Crippen LogP contribution in [0.1, 0.15) is 13.8 Å². The Bertz CT molecular complexity index is 233. The van der Waals surface area contributed by atoms with Gasteiger partial charge in [-0.2, -0.15) is 0 Å². The maximum atomic E-state index is 10.7. The Morgan fingerprint density at radius 1 is 1.64 bits per heavy atom. The van der Waals surface area contributed by atoms with Gasteiger partial charge in [0.05, 0.1) is 6.61 Å². The summed E-state index contributed by atoms with van der Waals surface area (Å²) in [5.41, 5.74) is 0. The van der Waals surface area contributed by atoms with Crippen molar-refractivity contribution in [3.8, 4) is 0 Å². The molecule has 0 aliphatic heterocycles. The van der Waals surface area contributed by atoms with Crippen LogP contribution in [0.25, 0.3) is 0 Å². The summed E-state index contributed by atoms with van der Waals surface area (Å²) in [6.45, 7) is 2.93. The maximum absolute atomic E-state index is 10.7. The molecule has 0 aliphatic carbocycles. The predicted molar refractivity (Wildman–Crippen MR) is 39.2 cm³/mol. The Morgan fingerprint density at radius 2 is 2.09 bits per heavy atom. The Hall–Kier alpha value is -0.620. The number of rotatable bonds is 3. The number of hydrogen-bond donors (Lipinski definition) is 1. The van der Waals surface area contributed by atoms with Crippen LogP contribution in [0, 0.1) is 0 Å². The van der Waals surface area contributed by atoms with E-state index < -0.39 is 21.2 Å². The number of carbonyl (C=O) groups is 1. The summed E-state index contributed by atoms with van der Waals surface area (Å²) in [5, 5.41) is 3.41. The highest BCUT2D eigenvalue weighted by molar-refractivity contribution is 7.90. The number of nitrogens with two attached hydrogens (primary N) is 1. The van der Waals surface area contributed by atoms with E-state index in [2.05, 4.69) is 9.88 Å². The van der Waals surface area contributed by atoms with Gasteiger partial charge in [-0.1, -0.05) is 0 Å². The van der Waals surface area contributed by atoms with Crippen molar-refractivity contribution in [1.29, 1.82) is 0 Å². The molecule has 0 bridgehead atoms. The van der Waals surface area contributed by atoms with Gasteiger partial charge >= 0.3 is 5.97 Å². The largest absolute Gasteiger partial charge is 0.465 e. The Morgan fingerprint density at radius 3 is 2.36 bits per heavy atom. The van der Waals surface area contributed by atoms with E-state index in [9.17, 15) is 13.2 Å². The van der Waals surface area contributed by atoms with Gasteiger partial charge in [0, 0.05) is 0 Å². The topological polar surface area (TPSA) is 86.5 Å². The summed E-state index contributed by atoms with van der Waals surface area (Å²) in [7, 11) is -3.80. The monoisotopic (exact) mass is 181 g/mol. The molecule has 0 rings (SSSR count). The lowest BCUT2D eigenvalue weighted by Gasteiger charge is -2.06. The average molecular weight is 181 g/mol. The number of hydrogen-bond acceptors (Lipinski definition) is 4. The van der Waals surface area contributed by atoms with E-state index in [1.165, 1.54) is 6.92 Å². The summed E-state index contributed by atoms with van der Waals surface area (Å²) in [6.07, 6.45) is 0. The molecule has 0 saturated heterocycles. The lowest BCUT2D eigenvalue weighted by molar-refractivity contribution is -0.142. The lowest BCUT2D eigenvalue weighted by Crippen LogP contribution is -2.34. The second-order valence-corrected chi connectivity index (χ2v) is 3.87. The fourth-order valence-electron chi connectivity index (χ4n) is 0.394. The van der Waals surface area contributed by atoms with Crippen LogP contribution in [-0.4, -0.2) is 26.2 Å². The van der Waals surface area contributed by atoms with E-state index in [4.69, 9.17) is 0 Å². The smallest absolute Gasteiger partial charge is 0.325 e. The third-order valence-corrected chi connectivity index (χ3v) is 2.29. The van der Waals surface area contributed by atoms with Gasteiger partial charge in [-0.3, -0.25) is 4.79 Å². The van der Waals surface area contributed by atoms with Crippen molar-refractivity contribution in [1.82, 2.24) is 0 Å². The zero-order chi connectivity index (χ0) is 9.07. The first-order valence-corrected chi connectivity index (χ1v) is 4.68. The van der Waals surface area contributed by atoms with E-state index in [-0.39, 0.29) is 6.61 Å². The first-order valence-electron chi connectivity index (χ1n) is 3.07. The van der Waals surface area contributed by atoms with Crippen molar-refractivity contribution in [2.24, 2.45) is 5.14 Å². The molecular formula is C5H11NO4S. The van der Waals surface area contributed by atoms with Gasteiger partial charge < -0.3 is 4.74 Å². The summed E-state index contributed by atoms with van der Waals surface area (Å²) in [4.78, 5) is 10.7. The predicted octanol–water partition coefficient (Wildman–Crippen LogP) is -0.773. The molecule has 0 radical (unpaired) electrons. The molecule has 0 aromatic carbocycles. The van der Waals surface area contributed by atoms with Crippen LogP contribution in [0.3, 0.4) is 0 Å². The standard InChI is InChI=1S/C5H11NO4S/c1-3-10-5(7)4(2)11(6,8)9/h4H,3H2,1-2H3,(H2,6,8,9). The Kier molecular flexibility index (Phi) is 3.47. The minimum atomic E-state index is -3.80. The molecule has 0 spiro atoms. The second-order valence-electron chi connectivity index (χ2n) is 1.98. The van der Waals surface area contributed by atoms with Gasteiger partial charge in [-0.05, 0) is 13.8 Å². The molecule has 1 unspecified atom stereocenters. The van der Waals surface area contributed by atoms with Gasteiger partial charge in [-0.25, -0.2) is 13.6 Å². The molecule has 66 valence electrons. The van der Waals surface area contributed by atoms with Crippen molar-refractivity contribution < 1.29 is 17.9 Å². The molecule has 2 N–H and O–H groups in total. The molecule has 0 aromatic heterocycles. The molecule has 0 saturated carbocycles. The van der Waals surface area contributed by atoms with E-state index in [1.54, 1.807) is 6.92 Å². The average Bonchev–Trinajstić information content (AvgIpc) is 1.85. The van der Waals surface area contributed by atoms with Crippen molar-refractivity contribution >= 4 is 16.0 Å². The number of primary sulfonamides is 1. The fourth-order valence-corrected chi connectivity index (χ4v) is 0.730. The molecule has 0 amide bonds. The zero-order valence-electron chi connectivity index (χ0n) is 6.40. The minimum absolute atomic E-state index is 0.151. The number of carbonyl (C=O) groups excluding carboxylic acids is 1. The minimum Gasteiger partial charge on any atom is -0.465 e. The van der Waals surface area contributed by atoms with Gasteiger partial charge in [0.25, 0.3) is 0 Å². The highest BCUT2D eigenvalue weighted by atomic mass is 32.2. The normalized spacial score (nSPS) is 14.1. The van der Waals surface area contributed by atoms with Gasteiger partial charge in [0.1, 0.15) is 0 Å². The van der Waals surface area contributed by atoms with Crippen molar-refractivity contribution in [2.45, 2.75) is 19.1 Å². The zero-order valence-corrected chi connectivity index (χ0v) is 7.22. The van der Waals surface area contributed by atoms with Crippen LogP contribution >= 0.6 is 0 Å². The summed E-state index contributed by atoms with van der Waals surface area (Å²) < 4.78 is 25.5. The molecule has 0 heterocycles. The van der Waals surface area contributed by atoms with Crippen LogP contribution < -0.4 is 5.14 Å². The first-order chi connectivity index (χ1) is 4.89. The van der Waals surface area contributed by atoms with Crippen LogP contribution in [0.5, 0.6) is 0 Å². The highest BCUT2D eigenvalue weighted by Crippen LogP contribution is 1.97. The molecule has 5 nitrogen and oxygen atoms in total. The molecule has 0 aromatic rings. The molecule has 11 heavy (non-hydrogen) atoms. The Balaban J connectivity index is 4.27. The van der Waals surface area contributed by atoms with Crippen molar-refractivity contribution in [3.05, 3.63) is 0 Å². The van der Waals surface area contributed by atoms with E-state index in [0.717, 1.165) is 0 Å². The molecule has 0 aliphatic rings. The molecule has 0 fully saturated rings. The van der Waals surface area contributed by atoms with Crippen LogP contribution in [-0.2, 0) is 19.6 Å². The maximum Gasteiger partial charge on any atom is 0.325 e. The molecule has 1 atom stereocenters. The van der Waals surface area contributed by atoms with E-state index in [1.807, 2.05) is 0 Å². The third kappa shape index (κ3) is 3.33. The van der Waals surface area contributed by atoms with Crippen LogP contribution in [0.2, 0.25) is 0 Å². The summed E-state index contributed by atoms with van der Waals surface area (Å²) >= 11 is 0. The SMILES string of the molecule is CCOC(=O)C(C)S(N)(=O)=O. The van der Waals surface area contributed by atoms with E-state index >= 15 is 0 Å². The molecular weight excluding hydrogens is 170 g/mol. The van der Waals surface area contributed by atoms with Gasteiger partial charge in [-0.15, -0.1) is 0 Å². The highest BCUT2D eigenvalue weighted by Gasteiger charge is 2.25. The van der Waals surface area contributed by atoms with Gasteiger partial charge in [0.2, 0.25) is 10.0 Å². The van der Waals surface area contributed by atoms with Crippen LogP contribution in [0.15, 0.2) is 0 Å². The van der Waals surface area contributed by atoms with Gasteiger partial charge in [0.15, 0.2) is 5.25 Å². The molecule has 6 heteroatoms. The lowest BCUT2D eigenvalue weighted by atomic mass is 10.5. The third-order valence-electron chi connectivity index (χ3n) is 1.11.